The molecule has 0 radical (unpaired) electrons. The summed E-state index contributed by atoms with van der Waals surface area (Å²) in [5.74, 6) is 1.05. The third kappa shape index (κ3) is 8.65. The maximum atomic E-state index is 12.9. The van der Waals surface area contributed by atoms with Crippen LogP contribution in [0.3, 0.4) is 0 Å². The molecule has 0 bridgehead atoms. The fraction of sp³-hybridized carbons (Fsp3) is 0.281. The van der Waals surface area contributed by atoms with Gasteiger partial charge in [0.15, 0.2) is 5.82 Å². The van der Waals surface area contributed by atoms with E-state index in [0.717, 1.165) is 48.4 Å². The minimum Gasteiger partial charge on any atom is -0.580 e. The van der Waals surface area contributed by atoms with Gasteiger partial charge in [-0.05, 0) is 84.9 Å². The van der Waals surface area contributed by atoms with Crippen molar-refractivity contribution in [2.45, 2.75) is 46.4 Å². The number of hydrogen-bond donors (Lipinski definition) is 2. The van der Waals surface area contributed by atoms with Crippen LogP contribution in [0.25, 0.3) is 23.2 Å². The number of aryl methyl sites for hydroxylation is 2. The molecule has 1 atom stereocenters. The lowest BCUT2D eigenvalue weighted by molar-refractivity contribution is -0.897. The van der Waals surface area contributed by atoms with Gasteiger partial charge in [0, 0.05) is 23.5 Å². The molecule has 1 fully saturated rings. The summed E-state index contributed by atoms with van der Waals surface area (Å²) < 4.78 is 42.7. The summed E-state index contributed by atoms with van der Waals surface area (Å²) in [6.45, 7) is 6.87. The van der Waals surface area contributed by atoms with E-state index >= 15 is 0 Å². The number of nitrogens with zero attached hydrogens (tertiary/aromatic N) is 5. The molecule has 0 aliphatic carbocycles. The number of ether oxygens (including phenoxy) is 1. The number of quaternary nitrogens is 1. The van der Waals surface area contributed by atoms with Crippen LogP contribution in [0.4, 0.5) is 18.9 Å². The number of aromatic nitrogens is 3. The van der Waals surface area contributed by atoms with E-state index in [0.29, 0.717) is 22.4 Å². The summed E-state index contributed by atoms with van der Waals surface area (Å²) in [4.78, 5) is 6.49. The molecule has 9 nitrogen and oxygen atoms in total. The van der Waals surface area contributed by atoms with Gasteiger partial charge >= 0.3 is 6.36 Å². The number of amidine groups is 1. The number of nitrogens with one attached hydrogen (secondary N) is 2. The average molecular weight is 638 g/mol. The van der Waals surface area contributed by atoms with Gasteiger partial charge in [0.2, 0.25) is 5.17 Å². The van der Waals surface area contributed by atoms with Crippen LogP contribution >= 0.6 is 11.8 Å². The first-order valence-electron chi connectivity index (χ1n) is 14.5. The number of rotatable bonds is 10. The Kier molecular flexibility index (Phi) is 10.1. The first-order valence-corrected chi connectivity index (χ1v) is 15.5. The number of hydrogen-bond acceptors (Lipinski definition) is 7. The largest absolute Gasteiger partial charge is 0.580 e. The molecule has 236 valence electrons. The number of allylic oxidation sites excluding steroid dienone is 1. The zero-order chi connectivity index (χ0) is 32.0. The topological polar surface area (TPSA) is 95.1 Å². The van der Waals surface area contributed by atoms with E-state index in [-0.39, 0.29) is 5.75 Å². The Morgan fingerprint density at radius 3 is 2.60 bits per heavy atom. The molecule has 1 aliphatic heterocycles. The van der Waals surface area contributed by atoms with Gasteiger partial charge in [-0.2, -0.15) is 0 Å². The van der Waals surface area contributed by atoms with Crippen molar-refractivity contribution < 1.29 is 23.2 Å². The molecule has 0 amide bonds. The molecule has 13 heteroatoms. The molecule has 2 N–H and O–H groups in total. The Morgan fingerprint density at radius 2 is 1.89 bits per heavy atom. The Hall–Kier alpha value is -4.33. The second-order valence-electron chi connectivity index (χ2n) is 10.6. The van der Waals surface area contributed by atoms with E-state index in [1.54, 1.807) is 11.8 Å². The molecule has 1 aromatic heterocycles. The van der Waals surface area contributed by atoms with Gasteiger partial charge in [0.1, 0.15) is 12.1 Å². The van der Waals surface area contributed by atoms with Crippen LogP contribution in [-0.2, 0) is 6.42 Å². The second-order valence-corrected chi connectivity index (χ2v) is 11.6. The van der Waals surface area contributed by atoms with Crippen molar-refractivity contribution in [3.63, 3.8) is 0 Å². The maximum absolute atomic E-state index is 12.9. The normalized spacial score (nSPS) is 15.8. The fourth-order valence-electron chi connectivity index (χ4n) is 4.90. The minimum absolute atomic E-state index is 0.313. The van der Waals surface area contributed by atoms with Crippen molar-refractivity contribution in [1.82, 2.24) is 20.2 Å². The smallest absolute Gasteiger partial charge is 0.573 e. The summed E-state index contributed by atoms with van der Waals surface area (Å²) in [6.07, 6.45) is 1.61. The summed E-state index contributed by atoms with van der Waals surface area (Å²) >= 11 is 1.60. The van der Waals surface area contributed by atoms with Crippen LogP contribution in [0.5, 0.6) is 5.75 Å². The first-order chi connectivity index (χ1) is 21.6. The molecule has 0 saturated carbocycles. The monoisotopic (exact) mass is 637 g/mol. The van der Waals surface area contributed by atoms with Crippen molar-refractivity contribution >= 4 is 28.7 Å². The molecular formula is C32H34F3N7O2S. The summed E-state index contributed by atoms with van der Waals surface area (Å²) in [5.41, 5.74) is 9.23. The standard InChI is InChI=1S/C32H34F3N7O2S/c1-4-6-25-10-7-22(2)19-29(25)40-17-5-18-45-31(40)39-42(43)37-23(3)20-24-8-11-26(12-9-24)30-36-21-41(38-30)27-13-15-28(16-14-27)44-32(33,34)35/h7-16,19-21,37,42H,4-6,17-18H2,1-3H3/b23-20+,39-31-. The van der Waals surface area contributed by atoms with Crippen LogP contribution < -0.4 is 20.3 Å². The molecular weight excluding hydrogens is 603 g/mol. The SMILES string of the molecule is CCCc1ccc(C)cc1N1CCCS/C1=N\[NH+]([O-])N/C(C)=C/c1ccc(-c2ncn(-c3ccc(OC(F)(F)F)cc3)n2)cc1. The van der Waals surface area contributed by atoms with Crippen LogP contribution in [0.15, 0.2) is 83.9 Å². The summed E-state index contributed by atoms with van der Waals surface area (Å²) in [6, 6.07) is 19.3. The summed E-state index contributed by atoms with van der Waals surface area (Å²) in [7, 11) is 0. The highest BCUT2D eigenvalue weighted by molar-refractivity contribution is 8.14. The number of thioether (sulfide) groups is 1. The quantitative estimate of drug-likeness (QED) is 0.198. The molecule has 1 aliphatic rings. The number of benzene rings is 3. The highest BCUT2D eigenvalue weighted by Gasteiger charge is 2.31. The molecule has 3 aromatic carbocycles. The molecule has 1 unspecified atom stereocenters. The molecule has 2 heterocycles. The lowest BCUT2D eigenvalue weighted by atomic mass is 10.0. The zero-order valence-electron chi connectivity index (χ0n) is 25.1. The van der Waals surface area contributed by atoms with Gasteiger partial charge in [-0.1, -0.05) is 61.5 Å². The van der Waals surface area contributed by atoms with E-state index in [1.165, 1.54) is 46.4 Å². The third-order valence-electron chi connectivity index (χ3n) is 6.92. The van der Waals surface area contributed by atoms with Gasteiger partial charge in [-0.25, -0.2) is 15.1 Å². The Bertz CT molecular complexity index is 1650. The van der Waals surface area contributed by atoms with Crippen LogP contribution in [0.1, 0.15) is 43.4 Å². The Labute approximate surface area is 264 Å². The van der Waals surface area contributed by atoms with Crippen LogP contribution in [-0.4, -0.2) is 38.6 Å². The lowest BCUT2D eigenvalue weighted by Crippen LogP contribution is -3.09. The lowest BCUT2D eigenvalue weighted by Gasteiger charge is -2.31. The van der Waals surface area contributed by atoms with Crippen molar-refractivity contribution in [3.8, 4) is 22.8 Å². The highest BCUT2D eigenvalue weighted by Crippen LogP contribution is 2.30. The van der Waals surface area contributed by atoms with Crippen LogP contribution in [0.2, 0.25) is 0 Å². The summed E-state index contributed by atoms with van der Waals surface area (Å²) in [5, 5.41) is 22.1. The number of halogens is 3. The Morgan fingerprint density at radius 1 is 1.13 bits per heavy atom. The van der Waals surface area contributed by atoms with E-state index < -0.39 is 11.6 Å². The van der Waals surface area contributed by atoms with E-state index in [1.807, 2.05) is 37.3 Å². The van der Waals surface area contributed by atoms with Gasteiger partial charge in [-0.15, -0.1) is 23.6 Å². The van der Waals surface area contributed by atoms with Gasteiger partial charge in [0.05, 0.1) is 11.4 Å². The van der Waals surface area contributed by atoms with Crippen molar-refractivity contribution in [2.24, 2.45) is 5.10 Å². The van der Waals surface area contributed by atoms with E-state index in [4.69, 9.17) is 0 Å². The fourth-order valence-corrected chi connectivity index (χ4v) is 5.85. The maximum Gasteiger partial charge on any atom is 0.573 e. The van der Waals surface area contributed by atoms with Crippen LogP contribution in [0, 0.1) is 12.1 Å². The molecule has 1 saturated heterocycles. The predicted molar refractivity (Wildman–Crippen MR) is 172 cm³/mol. The molecule has 5 rings (SSSR count). The van der Waals surface area contributed by atoms with E-state index in [2.05, 4.69) is 62.3 Å². The number of anilines is 1. The first kappa shape index (κ1) is 32.1. The van der Waals surface area contributed by atoms with Gasteiger partial charge in [0.25, 0.3) is 0 Å². The molecule has 4 aromatic rings. The number of alkyl halides is 3. The molecule has 45 heavy (non-hydrogen) atoms. The minimum atomic E-state index is -4.75. The van der Waals surface area contributed by atoms with Crippen molar-refractivity contribution in [2.75, 3.05) is 17.2 Å². The second kappa shape index (κ2) is 14.2. The average Bonchev–Trinajstić information content (AvgIpc) is 3.49. The van der Waals surface area contributed by atoms with Crippen molar-refractivity contribution in [3.05, 3.63) is 101 Å². The Balaban J connectivity index is 1.23. The van der Waals surface area contributed by atoms with Gasteiger partial charge in [-0.3, -0.25) is 0 Å². The highest BCUT2D eigenvalue weighted by atomic mass is 32.2. The third-order valence-corrected chi connectivity index (χ3v) is 7.98. The zero-order valence-corrected chi connectivity index (χ0v) is 26.0. The van der Waals surface area contributed by atoms with Crippen molar-refractivity contribution in [1.29, 1.82) is 0 Å². The molecule has 0 spiro atoms. The van der Waals surface area contributed by atoms with E-state index in [9.17, 15) is 18.4 Å². The predicted octanol–water partition coefficient (Wildman–Crippen LogP) is 6.26. The van der Waals surface area contributed by atoms with Gasteiger partial charge < -0.3 is 14.8 Å².